The second-order valence-corrected chi connectivity index (χ2v) is 10.2. The fourth-order valence-corrected chi connectivity index (χ4v) is 4.81. The molecule has 0 heterocycles. The Morgan fingerprint density at radius 1 is 1.25 bits per heavy atom. The second kappa shape index (κ2) is 11.6. The molecule has 1 aliphatic rings. The molecule has 0 aromatic heterocycles. The Bertz CT molecular complexity index is 837. The predicted molar refractivity (Wildman–Crippen MR) is 134 cm³/mol. The van der Waals surface area contributed by atoms with Gasteiger partial charge in [0, 0.05) is 17.0 Å². The molecule has 1 aromatic rings. The van der Waals surface area contributed by atoms with Gasteiger partial charge in [0.25, 0.3) is 0 Å². The summed E-state index contributed by atoms with van der Waals surface area (Å²) >= 11 is 0. The first-order valence-corrected chi connectivity index (χ1v) is 12.3. The molecule has 0 saturated carbocycles. The van der Waals surface area contributed by atoms with Crippen molar-refractivity contribution in [2.45, 2.75) is 104 Å². The third kappa shape index (κ3) is 7.15. The largest absolute Gasteiger partial charge is 0.507 e. The van der Waals surface area contributed by atoms with Crippen molar-refractivity contribution in [3.05, 3.63) is 47.1 Å². The molecular weight excluding hydrogens is 398 g/mol. The van der Waals surface area contributed by atoms with Gasteiger partial charge in [0.15, 0.2) is 0 Å². The maximum absolute atomic E-state index is 12.9. The zero-order valence-corrected chi connectivity index (χ0v) is 21.0. The molecule has 0 spiro atoms. The van der Waals surface area contributed by atoms with Crippen molar-refractivity contribution in [1.29, 1.82) is 0 Å². The van der Waals surface area contributed by atoms with Crippen molar-refractivity contribution in [3.8, 4) is 11.5 Å². The summed E-state index contributed by atoms with van der Waals surface area (Å²) in [5, 5.41) is 14.1. The first-order valence-electron chi connectivity index (χ1n) is 12.3. The highest BCUT2D eigenvalue weighted by Crippen LogP contribution is 2.47. The number of allylic oxidation sites excluding steroid dienone is 3. The number of phenols is 1. The van der Waals surface area contributed by atoms with Crippen LogP contribution in [0, 0.1) is 5.92 Å². The number of benzene rings is 1. The van der Waals surface area contributed by atoms with Crippen LogP contribution in [0.4, 0.5) is 4.79 Å². The minimum atomic E-state index is -0.474. The predicted octanol–water partition coefficient (Wildman–Crippen LogP) is 7.81. The quantitative estimate of drug-likeness (QED) is 0.287. The highest BCUT2D eigenvalue weighted by Gasteiger charge is 2.32. The highest BCUT2D eigenvalue weighted by molar-refractivity contribution is 5.72. The minimum absolute atomic E-state index is 0.0580. The number of carbonyl (C=O) groups excluding carboxylic acids is 1. The summed E-state index contributed by atoms with van der Waals surface area (Å²) in [5.41, 5.74) is 3.72. The fourth-order valence-electron chi connectivity index (χ4n) is 4.81. The van der Waals surface area contributed by atoms with E-state index in [-0.39, 0.29) is 23.1 Å². The molecule has 4 nitrogen and oxygen atoms in total. The smallest absolute Gasteiger partial charge is 0.413 e. The number of aryl methyl sites for hydroxylation is 1. The number of aromatic hydroxyl groups is 1. The van der Waals surface area contributed by atoms with Crippen LogP contribution in [0.3, 0.4) is 0 Å². The van der Waals surface area contributed by atoms with Crippen LogP contribution in [0.15, 0.2) is 35.9 Å². The minimum Gasteiger partial charge on any atom is -0.507 e. The Morgan fingerprint density at radius 2 is 1.97 bits per heavy atom. The molecule has 0 fully saturated rings. The van der Waals surface area contributed by atoms with E-state index < -0.39 is 6.09 Å². The van der Waals surface area contributed by atoms with Crippen molar-refractivity contribution in [2.24, 2.45) is 5.92 Å². The molecule has 2 atom stereocenters. The van der Waals surface area contributed by atoms with Crippen LogP contribution in [-0.4, -0.2) is 16.7 Å². The molecular formula is C28H43NO3. The molecule has 0 unspecified atom stereocenters. The van der Waals surface area contributed by atoms with E-state index in [2.05, 4.69) is 38.7 Å². The van der Waals surface area contributed by atoms with E-state index in [1.165, 1.54) is 5.57 Å². The van der Waals surface area contributed by atoms with Gasteiger partial charge in [-0.15, -0.1) is 0 Å². The molecule has 32 heavy (non-hydrogen) atoms. The number of rotatable bonds is 10. The molecule has 1 aromatic carbocycles. The molecule has 0 aliphatic heterocycles. The Morgan fingerprint density at radius 3 is 2.59 bits per heavy atom. The van der Waals surface area contributed by atoms with Crippen LogP contribution in [0.2, 0.25) is 0 Å². The average molecular weight is 442 g/mol. The van der Waals surface area contributed by atoms with E-state index in [4.69, 9.17) is 4.74 Å². The molecule has 1 aliphatic carbocycles. The van der Waals surface area contributed by atoms with Crippen molar-refractivity contribution in [3.63, 3.8) is 0 Å². The van der Waals surface area contributed by atoms with Crippen molar-refractivity contribution < 1.29 is 14.6 Å². The molecule has 0 bridgehead atoms. The van der Waals surface area contributed by atoms with Crippen LogP contribution in [0.1, 0.15) is 104 Å². The lowest BCUT2D eigenvalue weighted by atomic mass is 9.73. The van der Waals surface area contributed by atoms with Crippen molar-refractivity contribution in [1.82, 2.24) is 5.32 Å². The van der Waals surface area contributed by atoms with Gasteiger partial charge in [-0.2, -0.15) is 0 Å². The Kier molecular flexibility index (Phi) is 9.42. The summed E-state index contributed by atoms with van der Waals surface area (Å²) in [6.45, 7) is 16.6. The van der Waals surface area contributed by atoms with Crippen LogP contribution in [0.25, 0.3) is 0 Å². The molecule has 0 saturated heterocycles. The van der Waals surface area contributed by atoms with Crippen LogP contribution in [0.5, 0.6) is 11.5 Å². The van der Waals surface area contributed by atoms with E-state index in [9.17, 15) is 9.90 Å². The molecule has 4 heteroatoms. The summed E-state index contributed by atoms with van der Waals surface area (Å²) < 4.78 is 5.90. The standard InChI is InChI=1S/C28H43NO3/c1-8-10-11-12-21-17-24(30)26(23-16-20(5)13-14-22(23)19(3)4)25(18-21)32-27(31)29-28(6,7)15-9-2/h16-18,22-23,30H,3,8-15H2,1-2,4-7H3,(H,29,31)/t22-,23+/m0/s1. The summed E-state index contributed by atoms with van der Waals surface area (Å²) in [5.74, 6) is 0.815. The van der Waals surface area contributed by atoms with Gasteiger partial charge in [-0.1, -0.05) is 56.9 Å². The Balaban J connectivity index is 2.46. The monoisotopic (exact) mass is 441 g/mol. The number of carbonyl (C=O) groups is 1. The fraction of sp³-hybridized carbons (Fsp3) is 0.607. The maximum atomic E-state index is 12.9. The lowest BCUT2D eigenvalue weighted by molar-refractivity contribution is 0.185. The van der Waals surface area contributed by atoms with E-state index in [0.29, 0.717) is 11.3 Å². The molecule has 2 N–H and O–H groups in total. The number of nitrogens with one attached hydrogen (secondary N) is 1. The molecule has 1 amide bonds. The second-order valence-electron chi connectivity index (χ2n) is 10.2. The lowest BCUT2D eigenvalue weighted by Crippen LogP contribution is -2.44. The molecule has 2 rings (SSSR count). The van der Waals surface area contributed by atoms with Gasteiger partial charge >= 0.3 is 6.09 Å². The summed E-state index contributed by atoms with van der Waals surface area (Å²) in [6.07, 6.45) is 9.73. The van der Waals surface area contributed by atoms with Crippen LogP contribution < -0.4 is 10.1 Å². The van der Waals surface area contributed by atoms with Crippen LogP contribution >= 0.6 is 0 Å². The SMILES string of the molecule is C=C(C)[C@@H]1CCC(C)=C[C@H]1c1c(O)cc(CCCCC)cc1OC(=O)NC(C)(C)CCC. The topological polar surface area (TPSA) is 58.6 Å². The third-order valence-electron chi connectivity index (χ3n) is 6.48. The van der Waals surface area contributed by atoms with Gasteiger partial charge in [0.1, 0.15) is 11.5 Å². The van der Waals surface area contributed by atoms with Gasteiger partial charge in [0.05, 0.1) is 0 Å². The highest BCUT2D eigenvalue weighted by atomic mass is 16.6. The summed E-state index contributed by atoms with van der Waals surface area (Å²) in [4.78, 5) is 12.9. The number of ether oxygens (including phenoxy) is 1. The average Bonchev–Trinajstić information content (AvgIpc) is 2.67. The van der Waals surface area contributed by atoms with Crippen LogP contribution in [-0.2, 0) is 6.42 Å². The Hall–Kier alpha value is -2.23. The third-order valence-corrected chi connectivity index (χ3v) is 6.48. The number of hydrogen-bond acceptors (Lipinski definition) is 3. The van der Waals surface area contributed by atoms with E-state index in [1.54, 1.807) is 0 Å². The molecule has 0 radical (unpaired) electrons. The number of unbranched alkanes of at least 4 members (excludes halogenated alkanes) is 2. The zero-order valence-electron chi connectivity index (χ0n) is 21.0. The van der Waals surface area contributed by atoms with Gasteiger partial charge in [-0.05, 0) is 83.4 Å². The van der Waals surface area contributed by atoms with E-state index in [0.717, 1.165) is 62.5 Å². The summed E-state index contributed by atoms with van der Waals surface area (Å²) in [6, 6.07) is 3.80. The first kappa shape index (κ1) is 26.0. The van der Waals surface area contributed by atoms with Gasteiger partial charge in [0.2, 0.25) is 0 Å². The Labute approximate surface area is 195 Å². The van der Waals surface area contributed by atoms with Gasteiger partial charge in [-0.3, -0.25) is 0 Å². The normalized spacial score (nSPS) is 18.8. The maximum Gasteiger partial charge on any atom is 0.413 e. The van der Waals surface area contributed by atoms with Gasteiger partial charge < -0.3 is 15.2 Å². The number of phenolic OH excluding ortho intramolecular Hbond substituents is 1. The number of hydrogen-bond donors (Lipinski definition) is 2. The lowest BCUT2D eigenvalue weighted by Gasteiger charge is -2.32. The summed E-state index contributed by atoms with van der Waals surface area (Å²) in [7, 11) is 0. The van der Waals surface area contributed by atoms with Crippen molar-refractivity contribution >= 4 is 6.09 Å². The molecule has 178 valence electrons. The van der Waals surface area contributed by atoms with E-state index in [1.807, 2.05) is 32.9 Å². The van der Waals surface area contributed by atoms with E-state index >= 15 is 0 Å². The van der Waals surface area contributed by atoms with Crippen molar-refractivity contribution in [2.75, 3.05) is 0 Å². The van der Waals surface area contributed by atoms with Gasteiger partial charge in [-0.25, -0.2) is 4.79 Å². The zero-order chi connectivity index (χ0) is 23.9. The first-order chi connectivity index (χ1) is 15.1. The number of amides is 1.